The molecule has 1 N–H and O–H groups in total. The van der Waals surface area contributed by atoms with Crippen molar-refractivity contribution >= 4 is 11.6 Å². The summed E-state index contributed by atoms with van der Waals surface area (Å²) in [5.41, 5.74) is 0. The van der Waals surface area contributed by atoms with Gasteiger partial charge in [0.1, 0.15) is 18.0 Å². The Bertz CT molecular complexity index is 481. The van der Waals surface area contributed by atoms with Crippen molar-refractivity contribution in [3.05, 3.63) is 12.4 Å². The number of piperidine rings is 2. The molecule has 0 saturated carbocycles. The van der Waals surface area contributed by atoms with E-state index in [1.165, 1.54) is 12.8 Å². The van der Waals surface area contributed by atoms with E-state index in [9.17, 15) is 5.11 Å². The summed E-state index contributed by atoms with van der Waals surface area (Å²) in [7, 11) is 0. The van der Waals surface area contributed by atoms with Gasteiger partial charge >= 0.3 is 0 Å². The van der Waals surface area contributed by atoms with E-state index in [0.717, 1.165) is 43.6 Å². The normalized spacial score (nSPS) is 30.5. The minimum atomic E-state index is -0.257. The molecule has 1 aromatic rings. The first-order valence-electron chi connectivity index (χ1n) is 8.13. The summed E-state index contributed by atoms with van der Waals surface area (Å²) in [4.78, 5) is 13.4. The van der Waals surface area contributed by atoms with Crippen LogP contribution in [0, 0.1) is 11.8 Å². The fourth-order valence-corrected chi connectivity index (χ4v) is 3.34. The molecule has 3 unspecified atom stereocenters. The van der Waals surface area contributed by atoms with Gasteiger partial charge in [-0.2, -0.15) is 0 Å². The van der Waals surface area contributed by atoms with Crippen molar-refractivity contribution in [1.29, 1.82) is 0 Å². The molecule has 2 saturated heterocycles. The Labute approximate surface area is 127 Å². The van der Waals surface area contributed by atoms with E-state index in [4.69, 9.17) is 0 Å². The van der Waals surface area contributed by atoms with Crippen LogP contribution < -0.4 is 9.80 Å². The summed E-state index contributed by atoms with van der Waals surface area (Å²) >= 11 is 0. The molecular formula is C16H26N4O. The lowest BCUT2D eigenvalue weighted by Gasteiger charge is -2.36. The van der Waals surface area contributed by atoms with Crippen molar-refractivity contribution in [3.63, 3.8) is 0 Å². The Morgan fingerprint density at radius 1 is 1.05 bits per heavy atom. The summed E-state index contributed by atoms with van der Waals surface area (Å²) < 4.78 is 0. The standard InChI is InChI=1S/C16H26N4O/c1-12-4-3-6-19(9-12)15-8-16(18-11-17-15)20-7-5-13(2)14(21)10-20/h8,11-14,21H,3-7,9-10H2,1-2H3. The van der Waals surface area contributed by atoms with E-state index in [1.807, 2.05) is 0 Å². The second kappa shape index (κ2) is 6.18. The first-order chi connectivity index (χ1) is 10.1. The molecule has 0 spiro atoms. The van der Waals surface area contributed by atoms with Gasteiger partial charge in [-0.25, -0.2) is 9.97 Å². The molecule has 5 nitrogen and oxygen atoms in total. The highest BCUT2D eigenvalue weighted by atomic mass is 16.3. The van der Waals surface area contributed by atoms with E-state index in [-0.39, 0.29) is 6.10 Å². The summed E-state index contributed by atoms with van der Waals surface area (Å²) in [6.07, 6.45) is 4.97. The van der Waals surface area contributed by atoms with Crippen molar-refractivity contribution in [2.75, 3.05) is 36.0 Å². The highest BCUT2D eigenvalue weighted by molar-refractivity contribution is 5.50. The second-order valence-corrected chi connectivity index (χ2v) is 6.71. The molecule has 2 fully saturated rings. The van der Waals surface area contributed by atoms with Crippen LogP contribution in [0.5, 0.6) is 0 Å². The Hall–Kier alpha value is -1.36. The Balaban J connectivity index is 1.74. The second-order valence-electron chi connectivity index (χ2n) is 6.71. The van der Waals surface area contributed by atoms with Gasteiger partial charge in [-0.3, -0.25) is 0 Å². The highest BCUT2D eigenvalue weighted by Gasteiger charge is 2.26. The molecule has 0 aromatic carbocycles. The van der Waals surface area contributed by atoms with E-state index in [2.05, 4.69) is 39.7 Å². The molecule has 0 radical (unpaired) electrons. The van der Waals surface area contributed by atoms with E-state index >= 15 is 0 Å². The number of β-amino-alcohol motifs (C(OH)–C–C–N with tert-alkyl or cyclic N) is 1. The molecule has 2 aliphatic heterocycles. The van der Waals surface area contributed by atoms with Crippen LogP contribution in [-0.4, -0.2) is 47.4 Å². The first kappa shape index (κ1) is 14.6. The monoisotopic (exact) mass is 290 g/mol. The van der Waals surface area contributed by atoms with Gasteiger partial charge in [0.15, 0.2) is 0 Å². The maximum atomic E-state index is 10.1. The number of aromatic nitrogens is 2. The van der Waals surface area contributed by atoms with Crippen molar-refractivity contribution in [2.45, 2.75) is 39.2 Å². The maximum absolute atomic E-state index is 10.1. The average molecular weight is 290 g/mol. The van der Waals surface area contributed by atoms with E-state index in [0.29, 0.717) is 12.5 Å². The largest absolute Gasteiger partial charge is 0.391 e. The predicted molar refractivity (Wildman–Crippen MR) is 84.6 cm³/mol. The molecule has 3 rings (SSSR count). The van der Waals surface area contributed by atoms with Crippen LogP contribution in [0.25, 0.3) is 0 Å². The fourth-order valence-electron chi connectivity index (χ4n) is 3.34. The average Bonchev–Trinajstić information content (AvgIpc) is 2.50. The Morgan fingerprint density at radius 3 is 2.43 bits per heavy atom. The number of nitrogens with zero attached hydrogens (tertiary/aromatic N) is 4. The lowest BCUT2D eigenvalue weighted by molar-refractivity contribution is 0.102. The quantitative estimate of drug-likeness (QED) is 0.902. The molecule has 21 heavy (non-hydrogen) atoms. The summed E-state index contributed by atoms with van der Waals surface area (Å²) in [6, 6.07) is 2.08. The molecule has 3 heterocycles. The highest BCUT2D eigenvalue weighted by Crippen LogP contribution is 2.26. The molecule has 0 aliphatic carbocycles. The summed E-state index contributed by atoms with van der Waals surface area (Å²) in [5, 5.41) is 10.1. The zero-order chi connectivity index (χ0) is 14.8. The third kappa shape index (κ3) is 3.28. The van der Waals surface area contributed by atoms with Crippen LogP contribution in [-0.2, 0) is 0 Å². The van der Waals surface area contributed by atoms with Gasteiger partial charge < -0.3 is 14.9 Å². The zero-order valence-corrected chi connectivity index (χ0v) is 13.1. The third-order valence-electron chi connectivity index (χ3n) is 4.86. The Kier molecular flexibility index (Phi) is 4.29. The van der Waals surface area contributed by atoms with Gasteiger partial charge in [0.05, 0.1) is 6.10 Å². The van der Waals surface area contributed by atoms with Gasteiger partial charge in [-0.05, 0) is 31.1 Å². The molecule has 0 bridgehead atoms. The number of rotatable bonds is 2. The zero-order valence-electron chi connectivity index (χ0n) is 13.1. The van der Waals surface area contributed by atoms with Gasteiger partial charge in [-0.15, -0.1) is 0 Å². The fraction of sp³-hybridized carbons (Fsp3) is 0.750. The molecule has 1 aromatic heterocycles. The van der Waals surface area contributed by atoms with Crippen molar-refractivity contribution < 1.29 is 5.11 Å². The van der Waals surface area contributed by atoms with Crippen LogP contribution in [0.4, 0.5) is 11.6 Å². The summed E-state index contributed by atoms with van der Waals surface area (Å²) in [6.45, 7) is 8.22. The molecule has 3 atom stereocenters. The smallest absolute Gasteiger partial charge is 0.134 e. The lowest BCUT2D eigenvalue weighted by atomic mass is 9.96. The molecule has 0 amide bonds. The number of anilines is 2. The van der Waals surface area contributed by atoms with Gasteiger partial charge in [-0.1, -0.05) is 13.8 Å². The van der Waals surface area contributed by atoms with E-state index < -0.39 is 0 Å². The Morgan fingerprint density at radius 2 is 1.76 bits per heavy atom. The van der Waals surface area contributed by atoms with E-state index in [1.54, 1.807) is 6.33 Å². The van der Waals surface area contributed by atoms with Crippen molar-refractivity contribution in [2.24, 2.45) is 11.8 Å². The SMILES string of the molecule is CC1CCCN(c2cc(N3CCC(C)C(O)C3)ncn2)C1. The van der Waals surface area contributed by atoms with Crippen molar-refractivity contribution in [3.8, 4) is 0 Å². The third-order valence-corrected chi connectivity index (χ3v) is 4.86. The van der Waals surface area contributed by atoms with Gasteiger partial charge in [0.2, 0.25) is 0 Å². The van der Waals surface area contributed by atoms with Crippen molar-refractivity contribution in [1.82, 2.24) is 9.97 Å². The first-order valence-corrected chi connectivity index (χ1v) is 8.13. The van der Waals surface area contributed by atoms with Crippen LogP contribution in [0.2, 0.25) is 0 Å². The molecule has 5 heteroatoms. The van der Waals surface area contributed by atoms with Crippen LogP contribution in [0.3, 0.4) is 0 Å². The number of hydrogen-bond donors (Lipinski definition) is 1. The molecule has 2 aliphatic rings. The van der Waals surface area contributed by atoms with Crippen LogP contribution in [0.1, 0.15) is 33.1 Å². The minimum Gasteiger partial charge on any atom is -0.391 e. The minimum absolute atomic E-state index is 0.257. The maximum Gasteiger partial charge on any atom is 0.134 e. The van der Waals surface area contributed by atoms with Gasteiger partial charge in [0.25, 0.3) is 0 Å². The molecule has 116 valence electrons. The number of hydrogen-bond acceptors (Lipinski definition) is 5. The summed E-state index contributed by atoms with van der Waals surface area (Å²) in [5.74, 6) is 3.09. The molecular weight excluding hydrogens is 264 g/mol. The lowest BCUT2D eigenvalue weighted by Crippen LogP contribution is -2.43. The van der Waals surface area contributed by atoms with Gasteiger partial charge in [0, 0.05) is 32.2 Å². The predicted octanol–water partition coefficient (Wildman–Crippen LogP) is 1.92. The van der Waals surface area contributed by atoms with Crippen LogP contribution in [0.15, 0.2) is 12.4 Å². The topological polar surface area (TPSA) is 52.5 Å². The van der Waals surface area contributed by atoms with Crippen LogP contribution >= 0.6 is 0 Å². The number of aliphatic hydroxyl groups excluding tert-OH is 1. The number of aliphatic hydroxyl groups is 1.